The first-order chi connectivity index (χ1) is 14.5. The van der Waals surface area contributed by atoms with E-state index in [9.17, 15) is 9.50 Å². The highest BCUT2D eigenvalue weighted by atomic mass is 35.5. The summed E-state index contributed by atoms with van der Waals surface area (Å²) in [5.41, 5.74) is 2.92. The molecule has 0 bridgehead atoms. The maximum atomic E-state index is 14.2. The molecule has 0 radical (unpaired) electrons. The lowest BCUT2D eigenvalue weighted by molar-refractivity contribution is 0.209. The Morgan fingerprint density at radius 3 is 2.37 bits per heavy atom. The topological polar surface area (TPSA) is 54.4 Å². The van der Waals surface area contributed by atoms with Gasteiger partial charge in [0.15, 0.2) is 0 Å². The van der Waals surface area contributed by atoms with Crippen LogP contribution in [-0.4, -0.2) is 22.7 Å². The van der Waals surface area contributed by atoms with Crippen molar-refractivity contribution < 1.29 is 14.2 Å². The average molecular weight is 429 g/mol. The van der Waals surface area contributed by atoms with Crippen LogP contribution in [0.3, 0.4) is 0 Å². The number of ether oxygens (including phenoxy) is 1. The molecule has 1 atom stereocenters. The summed E-state index contributed by atoms with van der Waals surface area (Å²) in [6.45, 7) is 4.71. The van der Waals surface area contributed by atoms with Gasteiger partial charge in [-0.2, -0.15) is 0 Å². The SMILES string of the molecule is CC(C)[C@H](CO)NCc1nc(-c2ccc(OCc3ccc(Cl)cc3)cc2)ccc1F. The molecule has 30 heavy (non-hydrogen) atoms. The molecule has 4 nitrogen and oxygen atoms in total. The highest BCUT2D eigenvalue weighted by Crippen LogP contribution is 2.23. The lowest BCUT2D eigenvalue weighted by atomic mass is 10.1. The van der Waals surface area contributed by atoms with Gasteiger partial charge >= 0.3 is 0 Å². The Morgan fingerprint density at radius 2 is 1.73 bits per heavy atom. The van der Waals surface area contributed by atoms with Crippen molar-refractivity contribution in [3.8, 4) is 17.0 Å². The molecule has 2 aromatic carbocycles. The number of aliphatic hydroxyl groups excluding tert-OH is 1. The minimum Gasteiger partial charge on any atom is -0.489 e. The summed E-state index contributed by atoms with van der Waals surface area (Å²) < 4.78 is 20.0. The lowest BCUT2D eigenvalue weighted by Crippen LogP contribution is -2.36. The largest absolute Gasteiger partial charge is 0.489 e. The number of hydrogen-bond donors (Lipinski definition) is 2. The molecule has 1 heterocycles. The van der Waals surface area contributed by atoms with Gasteiger partial charge in [0.1, 0.15) is 18.2 Å². The van der Waals surface area contributed by atoms with E-state index in [1.807, 2.05) is 62.4 Å². The van der Waals surface area contributed by atoms with Crippen molar-refractivity contribution in [3.05, 3.63) is 82.8 Å². The first kappa shape index (κ1) is 22.2. The Balaban J connectivity index is 1.66. The van der Waals surface area contributed by atoms with E-state index in [-0.39, 0.29) is 30.9 Å². The second-order valence-electron chi connectivity index (χ2n) is 7.48. The molecule has 0 aliphatic heterocycles. The molecule has 3 rings (SSSR count). The van der Waals surface area contributed by atoms with E-state index in [1.54, 1.807) is 6.07 Å². The Labute approximate surface area is 181 Å². The summed E-state index contributed by atoms with van der Waals surface area (Å²) >= 11 is 5.90. The normalized spacial score (nSPS) is 12.2. The predicted molar refractivity (Wildman–Crippen MR) is 118 cm³/mol. The van der Waals surface area contributed by atoms with Gasteiger partial charge in [-0.3, -0.25) is 0 Å². The number of halogens is 2. The lowest BCUT2D eigenvalue weighted by Gasteiger charge is -2.20. The number of hydrogen-bond acceptors (Lipinski definition) is 4. The van der Waals surface area contributed by atoms with Crippen LogP contribution >= 0.6 is 11.6 Å². The van der Waals surface area contributed by atoms with Crippen molar-refractivity contribution in [2.75, 3.05) is 6.61 Å². The molecule has 0 saturated heterocycles. The third kappa shape index (κ3) is 6.02. The van der Waals surface area contributed by atoms with Crippen LogP contribution in [0.5, 0.6) is 5.75 Å². The van der Waals surface area contributed by atoms with Crippen molar-refractivity contribution in [2.45, 2.75) is 33.0 Å². The second-order valence-corrected chi connectivity index (χ2v) is 7.91. The molecule has 0 unspecified atom stereocenters. The molecule has 0 fully saturated rings. The minimum atomic E-state index is -0.366. The van der Waals surface area contributed by atoms with Crippen molar-refractivity contribution >= 4 is 11.6 Å². The molecule has 3 aromatic rings. The number of aromatic nitrogens is 1. The molecular weight excluding hydrogens is 403 g/mol. The fourth-order valence-electron chi connectivity index (χ4n) is 2.98. The quantitative estimate of drug-likeness (QED) is 0.490. The number of nitrogens with zero attached hydrogens (tertiary/aromatic N) is 1. The van der Waals surface area contributed by atoms with Crippen LogP contribution in [0.15, 0.2) is 60.7 Å². The van der Waals surface area contributed by atoms with E-state index in [2.05, 4.69) is 10.3 Å². The summed E-state index contributed by atoms with van der Waals surface area (Å²) in [6.07, 6.45) is 0. The first-order valence-electron chi connectivity index (χ1n) is 9.93. The van der Waals surface area contributed by atoms with E-state index in [1.165, 1.54) is 6.07 Å². The number of benzene rings is 2. The zero-order valence-corrected chi connectivity index (χ0v) is 17.9. The molecule has 158 valence electrons. The summed E-state index contributed by atoms with van der Waals surface area (Å²) in [5.74, 6) is 0.608. The molecule has 0 amide bonds. The molecule has 0 aliphatic carbocycles. The van der Waals surface area contributed by atoms with E-state index in [4.69, 9.17) is 16.3 Å². The van der Waals surface area contributed by atoms with Gasteiger partial charge in [-0.05, 0) is 60.0 Å². The van der Waals surface area contributed by atoms with Crippen molar-refractivity contribution in [3.63, 3.8) is 0 Å². The third-order valence-corrected chi connectivity index (χ3v) is 5.17. The average Bonchev–Trinajstić information content (AvgIpc) is 2.75. The van der Waals surface area contributed by atoms with Gasteiger partial charge in [0.05, 0.1) is 18.0 Å². The maximum absolute atomic E-state index is 14.2. The fourth-order valence-corrected chi connectivity index (χ4v) is 3.10. The van der Waals surface area contributed by atoms with Gasteiger partial charge in [-0.15, -0.1) is 0 Å². The summed E-state index contributed by atoms with van der Waals surface area (Å²) in [6, 6.07) is 18.0. The Bertz CT molecular complexity index is 946. The van der Waals surface area contributed by atoms with Gasteiger partial charge in [-0.25, -0.2) is 9.37 Å². The van der Waals surface area contributed by atoms with E-state index in [0.29, 0.717) is 23.0 Å². The Hall–Kier alpha value is -2.47. The molecule has 6 heteroatoms. The third-order valence-electron chi connectivity index (χ3n) is 4.92. The molecule has 0 spiro atoms. The predicted octanol–water partition coefficient (Wildman–Crippen LogP) is 5.23. The van der Waals surface area contributed by atoms with Crippen LogP contribution in [0.2, 0.25) is 5.02 Å². The van der Waals surface area contributed by atoms with Gasteiger partial charge in [0, 0.05) is 23.2 Å². The molecule has 1 aromatic heterocycles. The number of rotatable bonds is 9. The Kier molecular flexibility index (Phi) is 7.80. The van der Waals surface area contributed by atoms with Crippen LogP contribution < -0.4 is 10.1 Å². The van der Waals surface area contributed by atoms with Crippen LogP contribution in [0, 0.1) is 11.7 Å². The summed E-state index contributed by atoms with van der Waals surface area (Å²) in [5, 5.41) is 13.3. The van der Waals surface area contributed by atoms with Crippen molar-refractivity contribution in [1.29, 1.82) is 0 Å². The smallest absolute Gasteiger partial charge is 0.146 e. The monoisotopic (exact) mass is 428 g/mol. The number of aliphatic hydroxyl groups is 1. The van der Waals surface area contributed by atoms with Crippen molar-refractivity contribution in [2.24, 2.45) is 5.92 Å². The highest BCUT2D eigenvalue weighted by molar-refractivity contribution is 6.30. The second kappa shape index (κ2) is 10.5. The van der Waals surface area contributed by atoms with Gasteiger partial charge in [-0.1, -0.05) is 37.6 Å². The zero-order chi connectivity index (χ0) is 21.5. The Morgan fingerprint density at radius 1 is 1.03 bits per heavy atom. The summed E-state index contributed by atoms with van der Waals surface area (Å²) in [4.78, 5) is 4.47. The molecule has 2 N–H and O–H groups in total. The fraction of sp³-hybridized carbons (Fsp3) is 0.292. The minimum absolute atomic E-state index is 0.00351. The van der Waals surface area contributed by atoms with E-state index >= 15 is 0 Å². The maximum Gasteiger partial charge on any atom is 0.146 e. The van der Waals surface area contributed by atoms with Crippen LogP contribution in [-0.2, 0) is 13.2 Å². The molecule has 0 aliphatic rings. The summed E-state index contributed by atoms with van der Waals surface area (Å²) in [7, 11) is 0. The van der Waals surface area contributed by atoms with Gasteiger partial charge in [0.2, 0.25) is 0 Å². The van der Waals surface area contributed by atoms with Crippen molar-refractivity contribution in [1.82, 2.24) is 10.3 Å². The highest BCUT2D eigenvalue weighted by Gasteiger charge is 2.14. The number of pyridine rings is 1. The standard InChI is InChI=1S/C24H26ClFN2O2/c1-16(2)24(14-29)27-13-23-21(26)11-12-22(28-23)18-5-9-20(10-6-18)30-15-17-3-7-19(25)8-4-17/h3-12,16,24,27,29H,13-15H2,1-2H3/t24-/m0/s1. The van der Waals surface area contributed by atoms with Crippen LogP contribution in [0.4, 0.5) is 4.39 Å². The van der Waals surface area contributed by atoms with E-state index in [0.717, 1.165) is 16.9 Å². The molecular formula is C24H26ClFN2O2. The first-order valence-corrected chi connectivity index (χ1v) is 10.3. The number of nitrogens with one attached hydrogen (secondary N) is 1. The zero-order valence-electron chi connectivity index (χ0n) is 17.1. The van der Waals surface area contributed by atoms with Crippen LogP contribution in [0.1, 0.15) is 25.1 Å². The molecule has 0 saturated carbocycles. The van der Waals surface area contributed by atoms with Gasteiger partial charge < -0.3 is 15.2 Å². The van der Waals surface area contributed by atoms with Crippen LogP contribution in [0.25, 0.3) is 11.3 Å². The van der Waals surface area contributed by atoms with E-state index < -0.39 is 0 Å². The van der Waals surface area contributed by atoms with Gasteiger partial charge in [0.25, 0.3) is 0 Å².